The molecule has 0 aliphatic heterocycles. The van der Waals surface area contributed by atoms with Crippen molar-refractivity contribution in [3.8, 4) is 5.75 Å². The van der Waals surface area contributed by atoms with E-state index in [0.717, 1.165) is 11.8 Å². The molecule has 0 saturated heterocycles. The summed E-state index contributed by atoms with van der Waals surface area (Å²) in [4.78, 5) is 12.0. The van der Waals surface area contributed by atoms with Crippen molar-refractivity contribution in [1.82, 2.24) is 4.57 Å². The number of halogens is 1. The summed E-state index contributed by atoms with van der Waals surface area (Å²) in [6.45, 7) is 8.23. The van der Waals surface area contributed by atoms with Gasteiger partial charge in [0.25, 0.3) is 0 Å². The molecule has 4 nitrogen and oxygen atoms in total. The zero-order valence-electron chi connectivity index (χ0n) is 12.8. The van der Waals surface area contributed by atoms with Gasteiger partial charge in [0.1, 0.15) is 11.4 Å². The van der Waals surface area contributed by atoms with Crippen molar-refractivity contribution in [2.24, 2.45) is 0 Å². The highest BCUT2D eigenvalue weighted by molar-refractivity contribution is 6.37. The lowest BCUT2D eigenvalue weighted by Crippen LogP contribution is -2.23. The van der Waals surface area contributed by atoms with Gasteiger partial charge in [-0.15, -0.1) is 0 Å². The lowest BCUT2D eigenvalue weighted by atomic mass is 10.2. The predicted octanol–water partition coefficient (Wildman–Crippen LogP) is 4.87. The van der Waals surface area contributed by atoms with Crippen molar-refractivity contribution < 1.29 is 14.3 Å². The SMILES string of the molecule is CCCOC(=O)n1ccc2c(Cl)c(OC(C)(C)C)ccc21. The van der Waals surface area contributed by atoms with E-state index in [0.29, 0.717) is 22.9 Å². The van der Waals surface area contributed by atoms with E-state index in [1.165, 1.54) is 4.57 Å². The van der Waals surface area contributed by atoms with Crippen LogP contribution in [-0.4, -0.2) is 22.9 Å². The lowest BCUT2D eigenvalue weighted by Gasteiger charge is -2.22. The molecule has 0 N–H and O–H groups in total. The lowest BCUT2D eigenvalue weighted by molar-refractivity contribution is 0.131. The maximum absolute atomic E-state index is 12.0. The normalized spacial score (nSPS) is 11.7. The third kappa shape index (κ3) is 3.50. The Hall–Kier alpha value is -1.68. The topological polar surface area (TPSA) is 40.5 Å². The van der Waals surface area contributed by atoms with Crippen molar-refractivity contribution in [2.75, 3.05) is 6.61 Å². The van der Waals surface area contributed by atoms with E-state index in [2.05, 4.69) is 0 Å². The number of rotatable bonds is 3. The molecule has 114 valence electrons. The monoisotopic (exact) mass is 309 g/mol. The number of carbonyl (C=O) groups is 1. The van der Waals surface area contributed by atoms with Crippen molar-refractivity contribution in [2.45, 2.75) is 39.7 Å². The molecule has 0 amide bonds. The Morgan fingerprint density at radius 3 is 2.62 bits per heavy atom. The smallest absolute Gasteiger partial charge is 0.418 e. The fourth-order valence-electron chi connectivity index (χ4n) is 1.99. The van der Waals surface area contributed by atoms with Crippen molar-refractivity contribution in [3.63, 3.8) is 0 Å². The molecule has 2 aromatic rings. The maximum Gasteiger partial charge on any atom is 0.418 e. The van der Waals surface area contributed by atoms with Gasteiger partial charge in [0, 0.05) is 11.6 Å². The third-order valence-electron chi connectivity index (χ3n) is 2.81. The number of hydrogen-bond acceptors (Lipinski definition) is 3. The largest absolute Gasteiger partial charge is 0.487 e. The first-order valence-electron chi connectivity index (χ1n) is 6.99. The van der Waals surface area contributed by atoms with Gasteiger partial charge in [-0.05, 0) is 45.4 Å². The van der Waals surface area contributed by atoms with E-state index < -0.39 is 6.09 Å². The molecule has 1 aromatic carbocycles. The summed E-state index contributed by atoms with van der Waals surface area (Å²) in [6.07, 6.45) is 2.05. The van der Waals surface area contributed by atoms with Gasteiger partial charge in [0.15, 0.2) is 0 Å². The average molecular weight is 310 g/mol. The molecule has 0 fully saturated rings. The number of aromatic nitrogens is 1. The van der Waals surface area contributed by atoms with Crippen LogP contribution in [0.4, 0.5) is 4.79 Å². The van der Waals surface area contributed by atoms with E-state index in [-0.39, 0.29) is 5.60 Å². The maximum atomic E-state index is 12.0. The summed E-state index contributed by atoms with van der Waals surface area (Å²) >= 11 is 6.38. The van der Waals surface area contributed by atoms with Crippen molar-refractivity contribution in [3.05, 3.63) is 29.4 Å². The second kappa shape index (κ2) is 5.98. The molecule has 0 aliphatic carbocycles. The molecule has 0 spiro atoms. The molecule has 2 rings (SSSR count). The first-order valence-corrected chi connectivity index (χ1v) is 7.37. The molecule has 21 heavy (non-hydrogen) atoms. The van der Waals surface area contributed by atoms with E-state index in [1.807, 2.05) is 33.8 Å². The highest BCUT2D eigenvalue weighted by atomic mass is 35.5. The van der Waals surface area contributed by atoms with Crippen LogP contribution in [0.5, 0.6) is 5.75 Å². The number of benzene rings is 1. The molecule has 0 radical (unpaired) electrons. The molecule has 0 atom stereocenters. The number of nitrogens with zero attached hydrogens (tertiary/aromatic N) is 1. The molecule has 0 aliphatic rings. The van der Waals surface area contributed by atoms with Gasteiger partial charge in [0.2, 0.25) is 0 Å². The van der Waals surface area contributed by atoms with Gasteiger partial charge in [-0.3, -0.25) is 4.57 Å². The Morgan fingerprint density at radius 2 is 2.00 bits per heavy atom. The van der Waals surface area contributed by atoms with Crippen LogP contribution in [0.2, 0.25) is 5.02 Å². The van der Waals surface area contributed by atoms with Gasteiger partial charge in [-0.1, -0.05) is 18.5 Å². The van der Waals surface area contributed by atoms with Gasteiger partial charge in [-0.25, -0.2) is 4.79 Å². The summed E-state index contributed by atoms with van der Waals surface area (Å²) in [6, 6.07) is 5.38. The van der Waals surface area contributed by atoms with Crippen LogP contribution in [0.1, 0.15) is 34.1 Å². The van der Waals surface area contributed by atoms with Gasteiger partial charge in [0.05, 0.1) is 17.1 Å². The van der Waals surface area contributed by atoms with E-state index in [9.17, 15) is 4.79 Å². The molecule has 0 unspecified atom stereocenters. The first-order chi connectivity index (χ1) is 9.83. The Morgan fingerprint density at radius 1 is 1.29 bits per heavy atom. The molecule has 1 aromatic heterocycles. The van der Waals surface area contributed by atoms with Gasteiger partial charge in [-0.2, -0.15) is 0 Å². The molecular formula is C16H20ClNO3. The fourth-order valence-corrected chi connectivity index (χ4v) is 2.25. The minimum absolute atomic E-state index is 0.333. The van der Waals surface area contributed by atoms with Crippen LogP contribution in [0.3, 0.4) is 0 Å². The average Bonchev–Trinajstić information content (AvgIpc) is 2.82. The molecule has 1 heterocycles. The summed E-state index contributed by atoms with van der Waals surface area (Å²) in [5.74, 6) is 0.608. The Balaban J connectivity index is 2.38. The minimum Gasteiger partial charge on any atom is -0.487 e. The summed E-state index contributed by atoms with van der Waals surface area (Å²) in [5, 5.41) is 1.27. The number of fused-ring (bicyclic) bond motifs is 1. The Labute approximate surface area is 129 Å². The minimum atomic E-state index is -0.396. The van der Waals surface area contributed by atoms with Crippen molar-refractivity contribution in [1.29, 1.82) is 0 Å². The fraction of sp³-hybridized carbons (Fsp3) is 0.438. The molecular weight excluding hydrogens is 290 g/mol. The van der Waals surface area contributed by atoms with Crippen LogP contribution in [-0.2, 0) is 4.74 Å². The molecule has 0 saturated carbocycles. The Bertz CT molecular complexity index is 655. The van der Waals surface area contributed by atoms with Crippen LogP contribution in [0.15, 0.2) is 24.4 Å². The highest BCUT2D eigenvalue weighted by Crippen LogP contribution is 2.35. The Kier molecular flexibility index (Phi) is 4.47. The second-order valence-corrected chi connectivity index (χ2v) is 6.20. The molecule has 0 bridgehead atoms. The first kappa shape index (κ1) is 15.7. The summed E-state index contributed by atoms with van der Waals surface area (Å²) in [7, 11) is 0. The predicted molar refractivity (Wildman–Crippen MR) is 84.4 cm³/mol. The quantitative estimate of drug-likeness (QED) is 0.812. The van der Waals surface area contributed by atoms with Crippen LogP contribution in [0, 0.1) is 0 Å². The van der Waals surface area contributed by atoms with E-state index in [1.54, 1.807) is 18.3 Å². The number of ether oxygens (including phenoxy) is 2. The van der Waals surface area contributed by atoms with Gasteiger partial charge >= 0.3 is 6.09 Å². The standard InChI is InChI=1S/C16H20ClNO3/c1-5-10-20-15(19)18-9-8-11-12(18)6-7-13(14(11)17)21-16(2,3)4/h6-9H,5,10H2,1-4H3. The summed E-state index contributed by atoms with van der Waals surface area (Å²) < 4.78 is 12.4. The summed E-state index contributed by atoms with van der Waals surface area (Å²) in [5.41, 5.74) is 0.377. The van der Waals surface area contributed by atoms with E-state index in [4.69, 9.17) is 21.1 Å². The van der Waals surface area contributed by atoms with E-state index >= 15 is 0 Å². The second-order valence-electron chi connectivity index (χ2n) is 5.83. The van der Waals surface area contributed by atoms with Crippen LogP contribution >= 0.6 is 11.6 Å². The zero-order chi connectivity index (χ0) is 15.6. The number of carbonyl (C=O) groups excluding carboxylic acids is 1. The zero-order valence-corrected chi connectivity index (χ0v) is 13.5. The third-order valence-corrected chi connectivity index (χ3v) is 3.20. The van der Waals surface area contributed by atoms with Gasteiger partial charge < -0.3 is 9.47 Å². The van der Waals surface area contributed by atoms with Crippen LogP contribution < -0.4 is 4.74 Å². The highest BCUT2D eigenvalue weighted by Gasteiger charge is 2.18. The van der Waals surface area contributed by atoms with Crippen LogP contribution in [0.25, 0.3) is 10.9 Å². The van der Waals surface area contributed by atoms with Crippen molar-refractivity contribution >= 4 is 28.6 Å². The number of hydrogen-bond donors (Lipinski definition) is 0. The molecule has 5 heteroatoms.